The van der Waals surface area contributed by atoms with E-state index in [2.05, 4.69) is 39.9 Å². The molecule has 0 bridgehead atoms. The Bertz CT molecular complexity index is 425. The van der Waals surface area contributed by atoms with Gasteiger partial charge in [-0.25, -0.2) is 4.39 Å². The molecule has 114 valence electrons. The Hall–Kier alpha value is -0.600. The zero-order valence-corrected chi connectivity index (χ0v) is 14.0. The van der Waals surface area contributed by atoms with Crippen LogP contribution in [-0.4, -0.2) is 6.54 Å². The molecule has 0 fully saturated rings. The molecular formula is C17H27ClFN. The van der Waals surface area contributed by atoms with Crippen LogP contribution in [0.1, 0.15) is 59.1 Å². The van der Waals surface area contributed by atoms with Crippen LogP contribution in [-0.2, 0) is 0 Å². The molecule has 0 heterocycles. The zero-order chi connectivity index (χ0) is 15.3. The third-order valence-corrected chi connectivity index (χ3v) is 3.73. The lowest BCUT2D eigenvalue weighted by atomic mass is 9.82. The molecule has 20 heavy (non-hydrogen) atoms. The van der Waals surface area contributed by atoms with Crippen molar-refractivity contribution in [3.8, 4) is 0 Å². The van der Waals surface area contributed by atoms with Gasteiger partial charge in [-0.15, -0.1) is 0 Å². The molecule has 1 aromatic carbocycles. The lowest BCUT2D eigenvalue weighted by Crippen LogP contribution is -2.24. The molecule has 0 aliphatic heterocycles. The number of benzene rings is 1. The van der Waals surface area contributed by atoms with Gasteiger partial charge in [0.25, 0.3) is 0 Å². The van der Waals surface area contributed by atoms with Crippen LogP contribution in [0.25, 0.3) is 0 Å². The van der Waals surface area contributed by atoms with Crippen LogP contribution >= 0.6 is 11.6 Å². The van der Waals surface area contributed by atoms with Gasteiger partial charge < -0.3 is 5.32 Å². The average molecular weight is 300 g/mol. The molecule has 0 saturated carbocycles. The average Bonchev–Trinajstić information content (AvgIpc) is 2.29. The fourth-order valence-corrected chi connectivity index (χ4v) is 3.13. The van der Waals surface area contributed by atoms with Crippen molar-refractivity contribution >= 4 is 11.6 Å². The Labute approximate surface area is 127 Å². The minimum absolute atomic E-state index is 0.112. The summed E-state index contributed by atoms with van der Waals surface area (Å²) in [5, 5.41) is 4.07. The molecule has 0 aliphatic carbocycles. The van der Waals surface area contributed by atoms with Crippen LogP contribution in [0.2, 0.25) is 5.02 Å². The van der Waals surface area contributed by atoms with Crippen LogP contribution in [0.5, 0.6) is 0 Å². The first-order chi connectivity index (χ1) is 9.23. The quantitative estimate of drug-likeness (QED) is 0.722. The highest BCUT2D eigenvalue weighted by molar-refractivity contribution is 6.31. The van der Waals surface area contributed by atoms with Crippen molar-refractivity contribution in [1.82, 2.24) is 5.32 Å². The summed E-state index contributed by atoms with van der Waals surface area (Å²) < 4.78 is 13.5. The highest BCUT2D eigenvalue weighted by atomic mass is 35.5. The van der Waals surface area contributed by atoms with E-state index in [0.29, 0.717) is 16.4 Å². The second-order valence-electron chi connectivity index (χ2n) is 6.88. The van der Waals surface area contributed by atoms with Crippen LogP contribution in [0, 0.1) is 17.2 Å². The van der Waals surface area contributed by atoms with E-state index in [1.54, 1.807) is 12.1 Å². The van der Waals surface area contributed by atoms with Crippen molar-refractivity contribution in [3.63, 3.8) is 0 Å². The van der Waals surface area contributed by atoms with E-state index in [1.165, 1.54) is 6.07 Å². The number of rotatable bonds is 6. The van der Waals surface area contributed by atoms with Crippen molar-refractivity contribution in [2.75, 3.05) is 6.54 Å². The molecule has 2 atom stereocenters. The first-order valence-corrected chi connectivity index (χ1v) is 7.79. The maximum Gasteiger partial charge on any atom is 0.123 e. The van der Waals surface area contributed by atoms with Crippen LogP contribution in [0.15, 0.2) is 18.2 Å². The summed E-state index contributed by atoms with van der Waals surface area (Å²) in [6, 6.07) is 4.72. The third kappa shape index (κ3) is 5.80. The maximum atomic E-state index is 13.5. The summed E-state index contributed by atoms with van der Waals surface area (Å²) in [4.78, 5) is 0. The fourth-order valence-electron chi connectivity index (χ4n) is 2.88. The molecule has 0 saturated heterocycles. The van der Waals surface area contributed by atoms with Gasteiger partial charge >= 0.3 is 0 Å². The zero-order valence-electron chi connectivity index (χ0n) is 13.3. The molecular weight excluding hydrogens is 273 g/mol. The SMILES string of the molecule is CCNC(CC(C)CC(C)(C)C)c1cc(F)ccc1Cl. The van der Waals surface area contributed by atoms with Crippen LogP contribution in [0.3, 0.4) is 0 Å². The highest BCUT2D eigenvalue weighted by Gasteiger charge is 2.21. The Morgan fingerprint density at radius 3 is 2.50 bits per heavy atom. The molecule has 1 aromatic rings. The molecule has 0 amide bonds. The Balaban J connectivity index is 2.86. The van der Waals surface area contributed by atoms with Crippen molar-refractivity contribution in [2.24, 2.45) is 11.3 Å². The molecule has 0 radical (unpaired) electrons. The summed E-state index contributed by atoms with van der Waals surface area (Å²) in [7, 11) is 0. The molecule has 1 nitrogen and oxygen atoms in total. The lowest BCUT2D eigenvalue weighted by molar-refractivity contribution is 0.276. The summed E-state index contributed by atoms with van der Waals surface area (Å²) in [6.07, 6.45) is 2.11. The summed E-state index contributed by atoms with van der Waals surface area (Å²) in [5.74, 6) is 0.328. The molecule has 0 spiro atoms. The molecule has 3 heteroatoms. The van der Waals surface area contributed by atoms with Gasteiger partial charge in [-0.1, -0.05) is 46.2 Å². The normalized spacial score (nSPS) is 15.2. The largest absolute Gasteiger partial charge is 0.310 e. The van der Waals surface area contributed by atoms with Crippen LogP contribution in [0.4, 0.5) is 4.39 Å². The Morgan fingerprint density at radius 1 is 1.30 bits per heavy atom. The van der Waals surface area contributed by atoms with Crippen LogP contribution < -0.4 is 5.32 Å². The molecule has 0 aromatic heterocycles. The van der Waals surface area contributed by atoms with Gasteiger partial charge in [0.05, 0.1) is 0 Å². The number of halogens is 2. The summed E-state index contributed by atoms with van der Waals surface area (Å²) >= 11 is 6.24. The Morgan fingerprint density at radius 2 is 1.95 bits per heavy atom. The second kappa shape index (κ2) is 7.42. The van der Waals surface area contributed by atoms with Gasteiger partial charge in [-0.2, -0.15) is 0 Å². The first kappa shape index (κ1) is 17.5. The monoisotopic (exact) mass is 299 g/mol. The van der Waals surface area contributed by atoms with Gasteiger partial charge in [0.15, 0.2) is 0 Å². The van der Waals surface area contributed by atoms with Gasteiger partial charge in [-0.05, 0) is 54.5 Å². The fraction of sp³-hybridized carbons (Fsp3) is 0.647. The predicted octanol–water partition coefficient (Wildman–Crippen LogP) is 5.59. The van der Waals surface area contributed by atoms with Crippen molar-refractivity contribution in [1.29, 1.82) is 0 Å². The summed E-state index contributed by atoms with van der Waals surface area (Å²) in [5.41, 5.74) is 1.18. The topological polar surface area (TPSA) is 12.0 Å². The second-order valence-corrected chi connectivity index (χ2v) is 7.29. The van der Waals surface area contributed by atoms with E-state index in [-0.39, 0.29) is 11.9 Å². The van der Waals surface area contributed by atoms with Crippen molar-refractivity contribution in [3.05, 3.63) is 34.6 Å². The highest BCUT2D eigenvalue weighted by Crippen LogP contribution is 2.33. The smallest absolute Gasteiger partial charge is 0.123 e. The number of hydrogen-bond acceptors (Lipinski definition) is 1. The molecule has 0 aliphatic rings. The number of hydrogen-bond donors (Lipinski definition) is 1. The minimum Gasteiger partial charge on any atom is -0.310 e. The van der Waals surface area contributed by atoms with Gasteiger partial charge in [0, 0.05) is 11.1 Å². The van der Waals surface area contributed by atoms with E-state index < -0.39 is 0 Å². The van der Waals surface area contributed by atoms with Crippen molar-refractivity contribution < 1.29 is 4.39 Å². The standard InChI is InChI=1S/C17H27ClFN/c1-6-20-16(9-12(2)11-17(3,4)5)14-10-13(19)7-8-15(14)18/h7-8,10,12,16,20H,6,9,11H2,1-5H3. The Kier molecular flexibility index (Phi) is 6.47. The van der Waals surface area contributed by atoms with E-state index in [9.17, 15) is 4.39 Å². The van der Waals surface area contributed by atoms with E-state index in [1.807, 2.05) is 0 Å². The molecule has 2 unspecified atom stereocenters. The van der Waals surface area contributed by atoms with Gasteiger partial charge in [0.2, 0.25) is 0 Å². The summed E-state index contributed by atoms with van der Waals surface area (Å²) in [6.45, 7) is 11.9. The maximum absolute atomic E-state index is 13.5. The van der Waals surface area contributed by atoms with E-state index in [4.69, 9.17) is 11.6 Å². The minimum atomic E-state index is -0.226. The van der Waals surface area contributed by atoms with Crippen molar-refractivity contribution in [2.45, 2.75) is 53.5 Å². The van der Waals surface area contributed by atoms with Gasteiger partial charge in [0.1, 0.15) is 5.82 Å². The van der Waals surface area contributed by atoms with Gasteiger partial charge in [-0.3, -0.25) is 0 Å². The van der Waals surface area contributed by atoms with E-state index >= 15 is 0 Å². The van der Waals surface area contributed by atoms with E-state index in [0.717, 1.165) is 24.9 Å². The molecule has 1 N–H and O–H groups in total. The lowest BCUT2D eigenvalue weighted by Gasteiger charge is -2.28. The molecule has 1 rings (SSSR count). The third-order valence-electron chi connectivity index (χ3n) is 3.38. The predicted molar refractivity (Wildman–Crippen MR) is 85.7 cm³/mol. The number of nitrogens with one attached hydrogen (secondary N) is 1. The first-order valence-electron chi connectivity index (χ1n) is 7.41.